The highest BCUT2D eigenvalue weighted by Gasteiger charge is 2.22. The van der Waals surface area contributed by atoms with Crippen molar-refractivity contribution in [2.24, 2.45) is 0 Å². The molecule has 0 aliphatic carbocycles. The van der Waals surface area contributed by atoms with Gasteiger partial charge in [-0.2, -0.15) is 0 Å². The SMILES string of the molecule is O=C(/C=C/c1cc2c(cc1[N+](=O)[O-])OCO2)Nc1ccc(Cl)cc1Cl. The van der Waals surface area contributed by atoms with E-state index in [1.54, 1.807) is 12.1 Å². The number of hydrogen-bond acceptors (Lipinski definition) is 5. The van der Waals surface area contributed by atoms with Crippen molar-refractivity contribution in [3.05, 3.63) is 62.1 Å². The van der Waals surface area contributed by atoms with Crippen molar-refractivity contribution >= 4 is 46.6 Å². The summed E-state index contributed by atoms with van der Waals surface area (Å²) in [5, 5.41) is 14.5. The van der Waals surface area contributed by atoms with Crippen molar-refractivity contribution in [3.63, 3.8) is 0 Å². The number of nitro groups is 1. The summed E-state index contributed by atoms with van der Waals surface area (Å²) >= 11 is 11.8. The summed E-state index contributed by atoms with van der Waals surface area (Å²) < 4.78 is 10.3. The van der Waals surface area contributed by atoms with E-state index in [2.05, 4.69) is 5.32 Å². The maximum absolute atomic E-state index is 12.0. The summed E-state index contributed by atoms with van der Waals surface area (Å²) in [5.74, 6) is 0.170. The number of benzene rings is 2. The van der Waals surface area contributed by atoms with Crippen LogP contribution in [0, 0.1) is 10.1 Å². The van der Waals surface area contributed by atoms with E-state index in [0.29, 0.717) is 22.2 Å². The highest BCUT2D eigenvalue weighted by atomic mass is 35.5. The molecule has 1 heterocycles. The van der Waals surface area contributed by atoms with E-state index >= 15 is 0 Å². The van der Waals surface area contributed by atoms with Crippen LogP contribution in [0.5, 0.6) is 11.5 Å². The number of amides is 1. The van der Waals surface area contributed by atoms with Crippen LogP contribution in [0.1, 0.15) is 5.56 Å². The van der Waals surface area contributed by atoms with Crippen LogP contribution in [-0.4, -0.2) is 17.6 Å². The fourth-order valence-corrected chi connectivity index (χ4v) is 2.63. The lowest BCUT2D eigenvalue weighted by molar-refractivity contribution is -0.385. The number of carbonyl (C=O) groups is 1. The van der Waals surface area contributed by atoms with Gasteiger partial charge in [-0.3, -0.25) is 14.9 Å². The smallest absolute Gasteiger partial charge is 0.280 e. The lowest BCUT2D eigenvalue weighted by atomic mass is 10.1. The molecule has 3 rings (SSSR count). The Bertz CT molecular complexity index is 898. The third-order valence-electron chi connectivity index (χ3n) is 3.32. The zero-order chi connectivity index (χ0) is 18.0. The third kappa shape index (κ3) is 3.84. The normalized spacial score (nSPS) is 12.4. The van der Waals surface area contributed by atoms with E-state index in [4.69, 9.17) is 32.7 Å². The minimum atomic E-state index is -0.560. The monoisotopic (exact) mass is 380 g/mol. The second-order valence-electron chi connectivity index (χ2n) is 4.97. The first-order chi connectivity index (χ1) is 11.9. The minimum Gasteiger partial charge on any atom is -0.454 e. The van der Waals surface area contributed by atoms with Gasteiger partial charge in [0.05, 0.1) is 27.3 Å². The van der Waals surface area contributed by atoms with Gasteiger partial charge in [0.15, 0.2) is 11.5 Å². The molecule has 0 unspecified atom stereocenters. The molecule has 1 amide bonds. The van der Waals surface area contributed by atoms with Gasteiger partial charge in [-0.15, -0.1) is 0 Å². The molecule has 0 radical (unpaired) electrons. The Morgan fingerprint density at radius 1 is 1.20 bits per heavy atom. The molecule has 1 aliphatic rings. The average molecular weight is 381 g/mol. The van der Waals surface area contributed by atoms with Crippen LogP contribution in [0.15, 0.2) is 36.4 Å². The van der Waals surface area contributed by atoms with Crippen molar-refractivity contribution in [2.75, 3.05) is 12.1 Å². The van der Waals surface area contributed by atoms with Crippen molar-refractivity contribution in [1.29, 1.82) is 0 Å². The van der Waals surface area contributed by atoms with Gasteiger partial charge < -0.3 is 14.8 Å². The van der Waals surface area contributed by atoms with Gasteiger partial charge in [-0.25, -0.2) is 0 Å². The first-order valence-corrected chi connectivity index (χ1v) is 7.72. The second-order valence-corrected chi connectivity index (χ2v) is 5.81. The lowest BCUT2D eigenvalue weighted by Crippen LogP contribution is -2.08. The number of rotatable bonds is 4. The van der Waals surface area contributed by atoms with Crippen LogP contribution in [0.25, 0.3) is 6.08 Å². The number of ether oxygens (including phenoxy) is 2. The van der Waals surface area contributed by atoms with E-state index in [-0.39, 0.29) is 23.1 Å². The van der Waals surface area contributed by atoms with Crippen molar-refractivity contribution in [1.82, 2.24) is 0 Å². The number of hydrogen-bond donors (Lipinski definition) is 1. The summed E-state index contributed by atoms with van der Waals surface area (Å²) in [6.45, 7) is -0.00475. The molecule has 25 heavy (non-hydrogen) atoms. The maximum atomic E-state index is 12.0. The predicted molar refractivity (Wildman–Crippen MR) is 93.3 cm³/mol. The quantitative estimate of drug-likeness (QED) is 0.485. The molecule has 0 aromatic heterocycles. The predicted octanol–water partition coefficient (Wildman–Crippen LogP) is 4.28. The molecular formula is C16H10Cl2N2O5. The molecule has 0 fully saturated rings. The van der Waals surface area contributed by atoms with E-state index in [1.165, 1.54) is 24.3 Å². The van der Waals surface area contributed by atoms with E-state index in [0.717, 1.165) is 6.08 Å². The highest BCUT2D eigenvalue weighted by Crippen LogP contribution is 2.38. The van der Waals surface area contributed by atoms with Gasteiger partial charge in [0.25, 0.3) is 5.69 Å². The van der Waals surface area contributed by atoms with Crippen molar-refractivity contribution < 1.29 is 19.2 Å². The number of nitrogens with one attached hydrogen (secondary N) is 1. The van der Waals surface area contributed by atoms with Crippen LogP contribution in [0.4, 0.5) is 11.4 Å². The Balaban J connectivity index is 1.81. The number of carbonyl (C=O) groups excluding carboxylic acids is 1. The van der Waals surface area contributed by atoms with Crippen LogP contribution in [-0.2, 0) is 4.79 Å². The van der Waals surface area contributed by atoms with Gasteiger partial charge in [-0.1, -0.05) is 23.2 Å². The molecule has 2 aromatic rings. The van der Waals surface area contributed by atoms with E-state index < -0.39 is 10.8 Å². The maximum Gasteiger partial charge on any atom is 0.280 e. The van der Waals surface area contributed by atoms with Crippen molar-refractivity contribution in [3.8, 4) is 11.5 Å². The number of fused-ring (bicyclic) bond motifs is 1. The molecule has 128 valence electrons. The number of nitrogens with zero attached hydrogens (tertiary/aromatic N) is 1. The Hall–Kier alpha value is -2.77. The Labute approximate surface area is 151 Å². The Morgan fingerprint density at radius 2 is 1.92 bits per heavy atom. The molecule has 0 atom stereocenters. The summed E-state index contributed by atoms with van der Waals surface area (Å²) in [7, 11) is 0. The molecule has 0 saturated heterocycles. The Morgan fingerprint density at radius 3 is 2.60 bits per heavy atom. The molecule has 7 nitrogen and oxygen atoms in total. The Kier molecular flexibility index (Phi) is 4.78. The van der Waals surface area contributed by atoms with Gasteiger partial charge >= 0.3 is 0 Å². The van der Waals surface area contributed by atoms with Crippen LogP contribution in [0.2, 0.25) is 10.0 Å². The number of halogens is 2. The standard InChI is InChI=1S/C16H10Cl2N2O5/c17-10-2-3-12(11(18)6-10)19-16(21)4-1-9-5-14-15(25-8-24-14)7-13(9)20(22)23/h1-7H,8H2,(H,19,21)/b4-1+. The molecule has 0 saturated carbocycles. The van der Waals surface area contributed by atoms with Gasteiger partial charge in [-0.05, 0) is 30.3 Å². The summed E-state index contributed by atoms with van der Waals surface area (Å²) in [6, 6.07) is 7.33. The molecule has 9 heteroatoms. The van der Waals surface area contributed by atoms with Gasteiger partial charge in [0.2, 0.25) is 12.7 Å². The second kappa shape index (κ2) is 7.00. The number of nitro benzene ring substituents is 1. The zero-order valence-corrected chi connectivity index (χ0v) is 14.0. The fraction of sp³-hybridized carbons (Fsp3) is 0.0625. The average Bonchev–Trinajstić information content (AvgIpc) is 3.02. The fourth-order valence-electron chi connectivity index (χ4n) is 2.17. The third-order valence-corrected chi connectivity index (χ3v) is 3.87. The molecular weight excluding hydrogens is 371 g/mol. The first kappa shape index (κ1) is 17.1. The summed E-state index contributed by atoms with van der Waals surface area (Å²) in [4.78, 5) is 22.6. The lowest BCUT2D eigenvalue weighted by Gasteiger charge is -2.05. The van der Waals surface area contributed by atoms with Crippen LogP contribution < -0.4 is 14.8 Å². The molecule has 1 aliphatic heterocycles. The molecule has 1 N–H and O–H groups in total. The van der Waals surface area contributed by atoms with Gasteiger partial charge in [0, 0.05) is 11.1 Å². The van der Waals surface area contributed by atoms with E-state index in [1.807, 2.05) is 0 Å². The van der Waals surface area contributed by atoms with E-state index in [9.17, 15) is 14.9 Å². The van der Waals surface area contributed by atoms with Crippen LogP contribution in [0.3, 0.4) is 0 Å². The topological polar surface area (TPSA) is 90.7 Å². The highest BCUT2D eigenvalue weighted by molar-refractivity contribution is 6.36. The first-order valence-electron chi connectivity index (χ1n) is 6.96. The molecule has 0 bridgehead atoms. The number of anilines is 1. The minimum absolute atomic E-state index is 0.00475. The van der Waals surface area contributed by atoms with Crippen molar-refractivity contribution in [2.45, 2.75) is 0 Å². The largest absolute Gasteiger partial charge is 0.454 e. The summed E-state index contributed by atoms with van der Waals surface area (Å²) in [6.07, 6.45) is 2.48. The zero-order valence-electron chi connectivity index (χ0n) is 12.5. The summed E-state index contributed by atoms with van der Waals surface area (Å²) in [5.41, 5.74) is 0.394. The molecule has 2 aromatic carbocycles. The van der Waals surface area contributed by atoms with Gasteiger partial charge in [0.1, 0.15) is 0 Å². The molecule has 0 spiro atoms. The van der Waals surface area contributed by atoms with Crippen LogP contribution >= 0.6 is 23.2 Å².